The Morgan fingerprint density at radius 1 is 0.812 bits per heavy atom. The molecule has 0 bridgehead atoms. The van der Waals surface area contributed by atoms with E-state index in [4.69, 9.17) is 0 Å². The Morgan fingerprint density at radius 2 is 1.62 bits per heavy atom. The Kier molecular flexibility index (Phi) is 3.18. The molecule has 2 saturated heterocycles. The van der Waals surface area contributed by atoms with Crippen LogP contribution in [0.3, 0.4) is 0 Å². The van der Waals surface area contributed by atoms with E-state index in [1.807, 2.05) is 0 Å². The summed E-state index contributed by atoms with van der Waals surface area (Å²) >= 11 is 0. The molecule has 0 amide bonds. The average molecular weight is 224 g/mol. The number of piperazine rings is 1. The van der Waals surface area contributed by atoms with Crippen LogP contribution in [-0.2, 0) is 0 Å². The molecule has 3 heteroatoms. The highest BCUT2D eigenvalue weighted by molar-refractivity contribution is 4.92. The van der Waals surface area contributed by atoms with Gasteiger partial charge in [-0.1, -0.05) is 12.8 Å². The fourth-order valence-electron chi connectivity index (χ4n) is 3.83. The van der Waals surface area contributed by atoms with Gasteiger partial charge < -0.3 is 5.11 Å². The van der Waals surface area contributed by atoms with E-state index in [1.54, 1.807) is 0 Å². The van der Waals surface area contributed by atoms with Crippen LogP contribution in [0.5, 0.6) is 0 Å². The van der Waals surface area contributed by atoms with Gasteiger partial charge in [-0.2, -0.15) is 0 Å². The lowest BCUT2D eigenvalue weighted by atomic mass is 9.90. The molecule has 0 radical (unpaired) electrons. The third-order valence-electron chi connectivity index (χ3n) is 4.78. The van der Waals surface area contributed by atoms with Crippen LogP contribution in [0.15, 0.2) is 0 Å². The van der Waals surface area contributed by atoms with Gasteiger partial charge in [-0.3, -0.25) is 9.80 Å². The van der Waals surface area contributed by atoms with Gasteiger partial charge in [-0.25, -0.2) is 0 Å². The topological polar surface area (TPSA) is 26.7 Å². The van der Waals surface area contributed by atoms with Gasteiger partial charge in [0.2, 0.25) is 0 Å². The van der Waals surface area contributed by atoms with E-state index < -0.39 is 0 Å². The van der Waals surface area contributed by atoms with E-state index in [0.717, 1.165) is 12.5 Å². The second kappa shape index (κ2) is 4.63. The summed E-state index contributed by atoms with van der Waals surface area (Å²) in [5, 5.41) is 10.1. The minimum atomic E-state index is -0.0540. The van der Waals surface area contributed by atoms with E-state index >= 15 is 0 Å². The van der Waals surface area contributed by atoms with E-state index in [-0.39, 0.29) is 6.10 Å². The number of aliphatic hydroxyl groups excluding tert-OH is 1. The van der Waals surface area contributed by atoms with Gasteiger partial charge in [0.25, 0.3) is 0 Å². The summed E-state index contributed by atoms with van der Waals surface area (Å²) in [4.78, 5) is 5.22. The second-order valence-corrected chi connectivity index (χ2v) is 5.75. The first-order valence-electron chi connectivity index (χ1n) is 7.01. The zero-order valence-corrected chi connectivity index (χ0v) is 10.1. The fraction of sp³-hybridized carbons (Fsp3) is 1.00. The molecule has 92 valence electrons. The normalized spacial score (nSPS) is 42.2. The molecule has 3 rings (SSSR count). The fourth-order valence-corrected chi connectivity index (χ4v) is 3.83. The highest BCUT2D eigenvalue weighted by atomic mass is 16.3. The minimum Gasteiger partial charge on any atom is -0.391 e. The third kappa shape index (κ3) is 2.01. The van der Waals surface area contributed by atoms with Crippen molar-refractivity contribution < 1.29 is 5.11 Å². The molecule has 16 heavy (non-hydrogen) atoms. The molecule has 3 aliphatic rings. The Morgan fingerprint density at radius 3 is 2.50 bits per heavy atom. The van der Waals surface area contributed by atoms with Gasteiger partial charge in [0, 0.05) is 31.7 Å². The van der Waals surface area contributed by atoms with Gasteiger partial charge >= 0.3 is 0 Å². The summed E-state index contributed by atoms with van der Waals surface area (Å²) in [6.45, 7) is 4.93. The highest BCUT2D eigenvalue weighted by Gasteiger charge is 2.36. The molecule has 0 spiro atoms. The van der Waals surface area contributed by atoms with Crippen molar-refractivity contribution in [2.45, 2.75) is 56.7 Å². The van der Waals surface area contributed by atoms with Gasteiger partial charge in [-0.15, -0.1) is 0 Å². The molecule has 1 aliphatic carbocycles. The number of rotatable bonds is 1. The molecule has 0 aromatic rings. The first-order chi connectivity index (χ1) is 7.84. The van der Waals surface area contributed by atoms with E-state index in [2.05, 4.69) is 9.80 Å². The van der Waals surface area contributed by atoms with Crippen LogP contribution in [-0.4, -0.2) is 59.3 Å². The predicted octanol–water partition coefficient (Wildman–Crippen LogP) is 1.07. The van der Waals surface area contributed by atoms with Crippen LogP contribution in [0.1, 0.15) is 38.5 Å². The van der Waals surface area contributed by atoms with E-state index in [9.17, 15) is 5.11 Å². The molecular weight excluding hydrogens is 200 g/mol. The Labute approximate surface area is 98.4 Å². The molecule has 3 nitrogen and oxygen atoms in total. The molecule has 1 N–H and O–H groups in total. The predicted molar refractivity (Wildman–Crippen MR) is 64.4 cm³/mol. The van der Waals surface area contributed by atoms with Crippen molar-refractivity contribution in [3.63, 3.8) is 0 Å². The lowest BCUT2D eigenvalue weighted by molar-refractivity contribution is -0.0133. The van der Waals surface area contributed by atoms with E-state index in [0.29, 0.717) is 6.04 Å². The molecule has 0 aromatic heterocycles. The number of nitrogens with zero attached hydrogens (tertiary/aromatic N) is 2. The zero-order chi connectivity index (χ0) is 11.0. The second-order valence-electron chi connectivity index (χ2n) is 5.75. The summed E-state index contributed by atoms with van der Waals surface area (Å²) in [7, 11) is 0. The summed E-state index contributed by atoms with van der Waals surface area (Å²) < 4.78 is 0. The molecule has 1 unspecified atom stereocenters. The van der Waals surface area contributed by atoms with Crippen molar-refractivity contribution in [2.75, 3.05) is 26.2 Å². The number of hydrogen-bond donors (Lipinski definition) is 1. The maximum absolute atomic E-state index is 10.1. The van der Waals surface area contributed by atoms with Crippen molar-refractivity contribution in [3.05, 3.63) is 0 Å². The summed E-state index contributed by atoms with van der Waals surface area (Å²) in [5.41, 5.74) is 0. The quantitative estimate of drug-likeness (QED) is 0.722. The average Bonchev–Trinajstić information content (AvgIpc) is 2.76. The van der Waals surface area contributed by atoms with Gasteiger partial charge in [-0.05, 0) is 32.2 Å². The van der Waals surface area contributed by atoms with Crippen LogP contribution in [0.25, 0.3) is 0 Å². The van der Waals surface area contributed by atoms with Crippen molar-refractivity contribution in [2.24, 2.45) is 0 Å². The molecule has 3 atom stereocenters. The molecule has 2 heterocycles. The van der Waals surface area contributed by atoms with E-state index in [1.165, 1.54) is 58.3 Å². The Hall–Kier alpha value is -0.120. The summed E-state index contributed by atoms with van der Waals surface area (Å²) in [6.07, 6.45) is 7.48. The highest BCUT2D eigenvalue weighted by Crippen LogP contribution is 2.28. The van der Waals surface area contributed by atoms with Crippen molar-refractivity contribution in [1.29, 1.82) is 0 Å². The van der Waals surface area contributed by atoms with Crippen LogP contribution < -0.4 is 0 Å². The molecule has 3 fully saturated rings. The maximum Gasteiger partial charge on any atom is 0.0695 e. The zero-order valence-electron chi connectivity index (χ0n) is 10.1. The first-order valence-corrected chi connectivity index (χ1v) is 7.01. The maximum atomic E-state index is 10.1. The standard InChI is InChI=1S/C13H24N2O/c16-13-6-2-1-5-12(13)15-9-8-14-7-3-4-11(14)10-15/h11-13,16H,1-10H2/t11?,12-,13-/m0/s1. The largest absolute Gasteiger partial charge is 0.391 e. The van der Waals surface area contributed by atoms with Crippen LogP contribution in [0.2, 0.25) is 0 Å². The molecular formula is C13H24N2O. The number of hydrogen-bond acceptors (Lipinski definition) is 3. The Balaban J connectivity index is 1.62. The minimum absolute atomic E-state index is 0.0540. The Bertz CT molecular complexity index is 246. The lowest BCUT2D eigenvalue weighted by Crippen LogP contribution is -2.56. The van der Waals surface area contributed by atoms with Gasteiger partial charge in [0.05, 0.1) is 6.10 Å². The number of aliphatic hydroxyl groups is 1. The third-order valence-corrected chi connectivity index (χ3v) is 4.78. The summed E-state index contributed by atoms with van der Waals surface area (Å²) in [5.74, 6) is 0. The molecule has 1 saturated carbocycles. The number of fused-ring (bicyclic) bond motifs is 1. The van der Waals surface area contributed by atoms with Crippen LogP contribution in [0, 0.1) is 0 Å². The van der Waals surface area contributed by atoms with Crippen LogP contribution >= 0.6 is 0 Å². The van der Waals surface area contributed by atoms with Crippen molar-refractivity contribution in [3.8, 4) is 0 Å². The molecule has 2 aliphatic heterocycles. The summed E-state index contributed by atoms with van der Waals surface area (Å²) in [6, 6.07) is 1.26. The van der Waals surface area contributed by atoms with Gasteiger partial charge in [0.1, 0.15) is 0 Å². The van der Waals surface area contributed by atoms with Crippen molar-refractivity contribution in [1.82, 2.24) is 9.80 Å². The van der Waals surface area contributed by atoms with Crippen LogP contribution in [0.4, 0.5) is 0 Å². The molecule has 0 aromatic carbocycles. The first kappa shape index (κ1) is 11.0. The SMILES string of the molecule is O[C@H]1CCCC[C@@H]1N1CCN2CCCC2C1. The monoisotopic (exact) mass is 224 g/mol. The van der Waals surface area contributed by atoms with Gasteiger partial charge in [0.15, 0.2) is 0 Å². The van der Waals surface area contributed by atoms with Crippen molar-refractivity contribution >= 4 is 0 Å². The lowest BCUT2D eigenvalue weighted by Gasteiger charge is -2.44. The smallest absolute Gasteiger partial charge is 0.0695 e.